The molecule has 0 aliphatic carbocycles. The van der Waals surface area contributed by atoms with Gasteiger partial charge in [-0.25, -0.2) is 0 Å². The van der Waals surface area contributed by atoms with Crippen LogP contribution in [0, 0.1) is 25.7 Å². The summed E-state index contributed by atoms with van der Waals surface area (Å²) in [5.41, 5.74) is 0. The fourth-order valence-corrected chi connectivity index (χ4v) is 14.7. The summed E-state index contributed by atoms with van der Waals surface area (Å²) in [4.78, 5) is 2.72. The molecule has 0 aliphatic rings. The van der Waals surface area contributed by atoms with Crippen LogP contribution in [-0.2, 0) is 0 Å². The molecule has 0 N–H and O–H groups in total. The standard InChI is InChI=1S/3C4H9.2C2H2.CH3.Sn/c3*1-3-4-2;2*1-2;;/h3*1,3-4H2,2H3;2*1-2H;1H3;. The summed E-state index contributed by atoms with van der Waals surface area (Å²) in [6.45, 7) is 7.02. The Morgan fingerprint density at radius 3 is 1.00 bits per heavy atom. The van der Waals surface area contributed by atoms with Gasteiger partial charge in [0.2, 0.25) is 0 Å². The molecule has 0 nitrogen and oxygen atoms in total. The first kappa shape index (κ1) is 23.0. The Morgan fingerprint density at radius 2 is 0.833 bits per heavy atom. The van der Waals surface area contributed by atoms with Crippen LogP contribution in [-0.4, -0.2) is 18.4 Å². The second kappa shape index (κ2) is 19.3. The summed E-state index contributed by atoms with van der Waals surface area (Å²) >= 11 is -1.56. The zero-order chi connectivity index (χ0) is 14.9. The van der Waals surface area contributed by atoms with E-state index in [2.05, 4.69) is 51.4 Å². The molecule has 0 fully saturated rings. The van der Waals surface area contributed by atoms with Crippen molar-refractivity contribution < 1.29 is 0 Å². The van der Waals surface area contributed by atoms with E-state index in [0.717, 1.165) is 0 Å². The fourth-order valence-electron chi connectivity index (χ4n) is 2.19. The van der Waals surface area contributed by atoms with Gasteiger partial charge in [-0.1, -0.05) is 0 Å². The predicted molar refractivity (Wildman–Crippen MR) is 90.5 cm³/mol. The van der Waals surface area contributed by atoms with E-state index in [1.165, 1.54) is 38.5 Å². The molecule has 0 atom stereocenters. The first-order chi connectivity index (χ1) is 8.68. The Balaban J connectivity index is -0.000000506. The average Bonchev–Trinajstić information content (AvgIpc) is 2.45. The number of unbranched alkanes of at least 4 members (excludes halogenated alkanes) is 3. The quantitative estimate of drug-likeness (QED) is 0.353. The van der Waals surface area contributed by atoms with Crippen molar-refractivity contribution in [2.45, 2.75) is 77.5 Å². The third kappa shape index (κ3) is 15.9. The van der Waals surface area contributed by atoms with E-state index in [9.17, 15) is 0 Å². The molecule has 0 bridgehead atoms. The average molecular weight is 357 g/mol. The normalized spacial score (nSPS) is 9.56. The van der Waals surface area contributed by atoms with Gasteiger partial charge in [-0.2, -0.15) is 0 Å². The third-order valence-corrected chi connectivity index (χ3v) is 16.8. The molecule has 0 heterocycles. The van der Waals surface area contributed by atoms with E-state index >= 15 is 0 Å². The first-order valence-electron chi connectivity index (χ1n) is 7.35. The summed E-state index contributed by atoms with van der Waals surface area (Å²) in [6, 6.07) is 0. The van der Waals surface area contributed by atoms with Gasteiger partial charge in [0.05, 0.1) is 0 Å². The van der Waals surface area contributed by atoms with Crippen molar-refractivity contribution in [3.05, 3.63) is 0 Å². The third-order valence-electron chi connectivity index (χ3n) is 3.40. The van der Waals surface area contributed by atoms with Gasteiger partial charge in [-0.15, -0.1) is 25.7 Å². The Labute approximate surface area is 121 Å². The van der Waals surface area contributed by atoms with E-state index in [0.29, 0.717) is 0 Å². The Bertz CT molecular complexity index is 151. The number of rotatable bonds is 9. The SMILES string of the molecule is C#C.C#C.CCC[CH2][Sn]([CH3])([CH2]CCC)[CH2]CCC. The van der Waals surface area contributed by atoms with Crippen molar-refractivity contribution in [2.75, 3.05) is 0 Å². The minimum absolute atomic E-state index is 1.41. The van der Waals surface area contributed by atoms with Gasteiger partial charge in [0.1, 0.15) is 0 Å². The maximum atomic E-state index is 4.00. The van der Waals surface area contributed by atoms with Crippen LogP contribution in [0.2, 0.25) is 18.2 Å². The van der Waals surface area contributed by atoms with Crippen LogP contribution >= 0.6 is 0 Å². The molecule has 1 heteroatoms. The van der Waals surface area contributed by atoms with Gasteiger partial charge >= 0.3 is 95.9 Å². The summed E-state index contributed by atoms with van der Waals surface area (Å²) in [7, 11) is 0. The molecule has 0 aliphatic heterocycles. The van der Waals surface area contributed by atoms with Gasteiger partial charge < -0.3 is 0 Å². The molecule has 0 spiro atoms. The molecule has 0 radical (unpaired) electrons. The van der Waals surface area contributed by atoms with E-state index in [4.69, 9.17) is 0 Å². The van der Waals surface area contributed by atoms with E-state index < -0.39 is 18.4 Å². The summed E-state index contributed by atoms with van der Waals surface area (Å²) in [5.74, 6) is 0. The predicted octanol–water partition coefficient (Wildman–Crippen LogP) is 5.96. The summed E-state index contributed by atoms with van der Waals surface area (Å²) in [5, 5.41) is 0. The van der Waals surface area contributed by atoms with Crippen LogP contribution < -0.4 is 0 Å². The van der Waals surface area contributed by atoms with Crippen LogP contribution in [0.25, 0.3) is 0 Å². The van der Waals surface area contributed by atoms with Crippen LogP contribution in [0.1, 0.15) is 59.3 Å². The molecule has 0 aromatic heterocycles. The van der Waals surface area contributed by atoms with Crippen molar-refractivity contribution in [2.24, 2.45) is 0 Å². The topological polar surface area (TPSA) is 0 Å². The summed E-state index contributed by atoms with van der Waals surface area (Å²) < 4.78 is 4.97. The zero-order valence-corrected chi connectivity index (χ0v) is 16.0. The fraction of sp³-hybridized carbons (Fsp3) is 0.765. The van der Waals surface area contributed by atoms with Crippen LogP contribution in [0.5, 0.6) is 0 Å². The van der Waals surface area contributed by atoms with Crippen molar-refractivity contribution in [3.63, 3.8) is 0 Å². The summed E-state index contributed by atoms with van der Waals surface area (Å²) in [6.07, 6.45) is 24.8. The van der Waals surface area contributed by atoms with Gasteiger partial charge in [0.15, 0.2) is 0 Å². The van der Waals surface area contributed by atoms with Crippen LogP contribution in [0.15, 0.2) is 0 Å². The van der Waals surface area contributed by atoms with Gasteiger partial charge in [0.25, 0.3) is 0 Å². The Hall–Kier alpha value is -0.0813. The molecule has 106 valence electrons. The Kier molecular flexibility index (Phi) is 24.7. The van der Waals surface area contributed by atoms with Crippen molar-refractivity contribution in [1.29, 1.82) is 0 Å². The molecule has 0 saturated heterocycles. The molecule has 0 unspecified atom stereocenters. The number of terminal acetylenes is 2. The van der Waals surface area contributed by atoms with Crippen molar-refractivity contribution in [3.8, 4) is 25.7 Å². The molecule has 0 amide bonds. The molecule has 0 aromatic rings. The monoisotopic (exact) mass is 358 g/mol. The second-order valence-corrected chi connectivity index (χ2v) is 19.7. The van der Waals surface area contributed by atoms with Gasteiger partial charge in [-0.3, -0.25) is 0 Å². The Morgan fingerprint density at radius 1 is 0.611 bits per heavy atom. The molecular formula is C17H34Sn. The van der Waals surface area contributed by atoms with Crippen LogP contribution in [0.4, 0.5) is 0 Å². The number of hydrogen-bond acceptors (Lipinski definition) is 0. The minimum atomic E-state index is -1.56. The van der Waals surface area contributed by atoms with E-state index in [1.807, 2.05) is 0 Å². The molecule has 0 saturated carbocycles. The molecule has 0 rings (SSSR count). The van der Waals surface area contributed by atoms with Crippen molar-refractivity contribution in [1.82, 2.24) is 0 Å². The second-order valence-electron chi connectivity index (χ2n) is 5.12. The van der Waals surface area contributed by atoms with E-state index in [1.54, 1.807) is 13.3 Å². The van der Waals surface area contributed by atoms with Crippen molar-refractivity contribution >= 4 is 18.4 Å². The maximum absolute atomic E-state index is 4.00. The molecular weight excluding hydrogens is 323 g/mol. The first-order valence-corrected chi connectivity index (χ1v) is 16.3. The molecule has 18 heavy (non-hydrogen) atoms. The molecule has 0 aromatic carbocycles. The van der Waals surface area contributed by atoms with Crippen LogP contribution in [0.3, 0.4) is 0 Å². The number of hydrogen-bond donors (Lipinski definition) is 0. The zero-order valence-electron chi connectivity index (χ0n) is 13.2. The van der Waals surface area contributed by atoms with Gasteiger partial charge in [-0.05, 0) is 0 Å². The van der Waals surface area contributed by atoms with Gasteiger partial charge in [0, 0.05) is 0 Å². The van der Waals surface area contributed by atoms with E-state index in [-0.39, 0.29) is 0 Å².